The fraction of sp³-hybridized carbons (Fsp3) is 0.133. The molecule has 0 aliphatic carbocycles. The lowest BCUT2D eigenvalue weighted by atomic mass is 10.1. The Morgan fingerprint density at radius 2 is 2.00 bits per heavy atom. The molecule has 0 saturated heterocycles. The number of nitrogens with one attached hydrogen (secondary N) is 1. The van der Waals surface area contributed by atoms with E-state index in [9.17, 15) is 4.79 Å². The maximum Gasteiger partial charge on any atom is 0.249 e. The smallest absolute Gasteiger partial charge is 0.249 e. The molecule has 0 heterocycles. The van der Waals surface area contributed by atoms with Crippen LogP contribution in [0.5, 0.6) is 0 Å². The Bertz CT molecular complexity index is 611. The van der Waals surface area contributed by atoms with Gasteiger partial charge in [0.25, 0.3) is 0 Å². The largest absolute Gasteiger partial charge is 0.381 e. The first-order valence-corrected chi connectivity index (χ1v) is 6.33. The third kappa shape index (κ3) is 3.26. The molecule has 2 rings (SSSR count). The number of halogens is 1. The Morgan fingerprint density at radius 3 is 2.68 bits per heavy atom. The molecule has 2 aromatic carbocycles. The highest BCUT2D eigenvalue weighted by molar-refractivity contribution is 6.31. The van der Waals surface area contributed by atoms with E-state index >= 15 is 0 Å². The average molecular weight is 275 g/mol. The fourth-order valence-electron chi connectivity index (χ4n) is 1.81. The van der Waals surface area contributed by atoms with Crippen molar-refractivity contribution in [1.82, 2.24) is 0 Å². The van der Waals surface area contributed by atoms with Gasteiger partial charge in [0, 0.05) is 22.8 Å². The van der Waals surface area contributed by atoms with E-state index in [4.69, 9.17) is 17.3 Å². The normalized spacial score (nSPS) is 10.2. The zero-order valence-corrected chi connectivity index (χ0v) is 11.4. The van der Waals surface area contributed by atoms with E-state index in [1.165, 1.54) is 0 Å². The van der Waals surface area contributed by atoms with Crippen LogP contribution in [0.2, 0.25) is 5.02 Å². The first-order valence-electron chi connectivity index (χ1n) is 5.95. The fourth-order valence-corrected chi connectivity index (χ4v) is 2.00. The van der Waals surface area contributed by atoms with Gasteiger partial charge in [0.2, 0.25) is 5.91 Å². The Hall–Kier alpha value is -2.00. The van der Waals surface area contributed by atoms with Crippen molar-refractivity contribution >= 4 is 23.2 Å². The minimum Gasteiger partial charge on any atom is -0.381 e. The van der Waals surface area contributed by atoms with Gasteiger partial charge in [0.05, 0.1) is 0 Å². The number of anilines is 1. The highest BCUT2D eigenvalue weighted by atomic mass is 35.5. The van der Waals surface area contributed by atoms with E-state index in [0.717, 1.165) is 16.8 Å². The van der Waals surface area contributed by atoms with Gasteiger partial charge in [-0.3, -0.25) is 4.79 Å². The molecule has 0 aliphatic rings. The molecule has 0 unspecified atom stereocenters. The minimum absolute atomic E-state index is 0.417. The predicted octanol–water partition coefficient (Wildman–Crippen LogP) is 3.36. The van der Waals surface area contributed by atoms with Gasteiger partial charge in [-0.05, 0) is 36.2 Å². The highest BCUT2D eigenvalue weighted by Crippen LogP contribution is 2.20. The van der Waals surface area contributed by atoms with Crippen molar-refractivity contribution in [2.24, 2.45) is 5.73 Å². The Kier molecular flexibility index (Phi) is 4.07. The molecule has 0 spiro atoms. The summed E-state index contributed by atoms with van der Waals surface area (Å²) < 4.78 is 0. The summed E-state index contributed by atoms with van der Waals surface area (Å²) in [7, 11) is 0. The minimum atomic E-state index is -0.417. The van der Waals surface area contributed by atoms with Gasteiger partial charge < -0.3 is 11.1 Å². The maximum atomic E-state index is 11.3. The predicted molar refractivity (Wildman–Crippen MR) is 78.5 cm³/mol. The third-order valence-corrected chi connectivity index (χ3v) is 3.34. The van der Waals surface area contributed by atoms with Crippen molar-refractivity contribution < 1.29 is 4.79 Å². The number of hydrogen-bond acceptors (Lipinski definition) is 2. The summed E-state index contributed by atoms with van der Waals surface area (Å²) in [6, 6.07) is 13.0. The summed E-state index contributed by atoms with van der Waals surface area (Å²) in [5, 5.41) is 3.95. The number of aryl methyl sites for hydroxylation is 1. The van der Waals surface area contributed by atoms with Gasteiger partial charge in [-0.2, -0.15) is 0 Å². The van der Waals surface area contributed by atoms with Gasteiger partial charge in [0.1, 0.15) is 0 Å². The first-order chi connectivity index (χ1) is 9.08. The molecule has 98 valence electrons. The Labute approximate surface area is 117 Å². The topological polar surface area (TPSA) is 55.1 Å². The van der Waals surface area contributed by atoms with E-state index in [1.807, 2.05) is 37.3 Å². The first kappa shape index (κ1) is 13.4. The molecule has 0 atom stereocenters. The molecule has 3 nitrogen and oxygen atoms in total. The second-order valence-corrected chi connectivity index (χ2v) is 4.75. The van der Waals surface area contributed by atoms with Crippen LogP contribution in [-0.2, 0) is 6.54 Å². The van der Waals surface area contributed by atoms with Crippen LogP contribution >= 0.6 is 11.6 Å². The molecule has 0 fully saturated rings. The van der Waals surface area contributed by atoms with Gasteiger partial charge in [-0.25, -0.2) is 0 Å². The van der Waals surface area contributed by atoms with Crippen LogP contribution in [0.4, 0.5) is 5.69 Å². The number of nitrogens with two attached hydrogens (primary N) is 1. The molecule has 4 heteroatoms. The van der Waals surface area contributed by atoms with Crippen molar-refractivity contribution in [2.75, 3.05) is 5.32 Å². The number of amides is 1. The lowest BCUT2D eigenvalue weighted by molar-refractivity contribution is 0.0999. The summed E-state index contributed by atoms with van der Waals surface area (Å²) in [4.78, 5) is 11.3. The Balaban J connectivity index is 2.14. The standard InChI is InChI=1S/C15H15ClN2O/c1-10-6-7-12(8-14(10)16)18-9-11-4-2-3-5-13(11)15(17)19/h2-8,18H,9H2,1H3,(H2,17,19). The van der Waals surface area contributed by atoms with Gasteiger partial charge in [0.15, 0.2) is 0 Å². The molecule has 2 aromatic rings. The van der Waals surface area contributed by atoms with E-state index in [1.54, 1.807) is 12.1 Å². The number of carbonyl (C=O) groups is 1. The lowest BCUT2D eigenvalue weighted by Crippen LogP contribution is -2.15. The maximum absolute atomic E-state index is 11.3. The molecule has 1 amide bonds. The van der Waals surface area contributed by atoms with Crippen molar-refractivity contribution in [3.05, 3.63) is 64.2 Å². The monoisotopic (exact) mass is 274 g/mol. The molecule has 0 radical (unpaired) electrons. The van der Waals surface area contributed by atoms with E-state index in [-0.39, 0.29) is 0 Å². The van der Waals surface area contributed by atoms with E-state index in [2.05, 4.69) is 5.32 Å². The van der Waals surface area contributed by atoms with Crippen LogP contribution in [0.1, 0.15) is 21.5 Å². The second-order valence-electron chi connectivity index (χ2n) is 4.34. The summed E-state index contributed by atoms with van der Waals surface area (Å²) in [6.07, 6.45) is 0. The van der Waals surface area contributed by atoms with Crippen LogP contribution in [0.3, 0.4) is 0 Å². The molecule has 0 aromatic heterocycles. The quantitative estimate of drug-likeness (QED) is 0.898. The molecule has 0 bridgehead atoms. The summed E-state index contributed by atoms with van der Waals surface area (Å²) in [6.45, 7) is 2.48. The number of hydrogen-bond donors (Lipinski definition) is 2. The SMILES string of the molecule is Cc1ccc(NCc2ccccc2C(N)=O)cc1Cl. The summed E-state index contributed by atoms with van der Waals surface area (Å²) in [5.74, 6) is -0.417. The van der Waals surface area contributed by atoms with Crippen LogP contribution in [0, 0.1) is 6.92 Å². The molecule has 0 aliphatic heterocycles. The third-order valence-electron chi connectivity index (χ3n) is 2.94. The Morgan fingerprint density at radius 1 is 1.26 bits per heavy atom. The van der Waals surface area contributed by atoms with E-state index in [0.29, 0.717) is 17.1 Å². The van der Waals surface area contributed by atoms with Gasteiger partial charge in [-0.15, -0.1) is 0 Å². The number of benzene rings is 2. The van der Waals surface area contributed by atoms with Crippen LogP contribution in [0.15, 0.2) is 42.5 Å². The summed E-state index contributed by atoms with van der Waals surface area (Å²) >= 11 is 6.06. The number of carbonyl (C=O) groups excluding carboxylic acids is 1. The summed E-state index contributed by atoms with van der Waals surface area (Å²) in [5.41, 5.74) is 8.69. The highest BCUT2D eigenvalue weighted by Gasteiger charge is 2.06. The van der Waals surface area contributed by atoms with Crippen LogP contribution < -0.4 is 11.1 Å². The molecule has 19 heavy (non-hydrogen) atoms. The van der Waals surface area contributed by atoms with Crippen LogP contribution in [0.25, 0.3) is 0 Å². The number of primary amides is 1. The molecule has 3 N–H and O–H groups in total. The zero-order chi connectivity index (χ0) is 13.8. The van der Waals surface area contributed by atoms with Crippen LogP contribution in [-0.4, -0.2) is 5.91 Å². The van der Waals surface area contributed by atoms with E-state index < -0.39 is 5.91 Å². The lowest BCUT2D eigenvalue weighted by Gasteiger charge is -2.10. The van der Waals surface area contributed by atoms with Gasteiger partial charge in [-0.1, -0.05) is 35.9 Å². The molecular formula is C15H15ClN2O. The van der Waals surface area contributed by atoms with Crippen molar-refractivity contribution in [1.29, 1.82) is 0 Å². The average Bonchev–Trinajstić information content (AvgIpc) is 2.40. The van der Waals surface area contributed by atoms with Crippen molar-refractivity contribution in [2.45, 2.75) is 13.5 Å². The van der Waals surface area contributed by atoms with Crippen molar-refractivity contribution in [3.63, 3.8) is 0 Å². The van der Waals surface area contributed by atoms with Crippen molar-refractivity contribution in [3.8, 4) is 0 Å². The van der Waals surface area contributed by atoms with Gasteiger partial charge >= 0.3 is 0 Å². The second kappa shape index (κ2) is 5.76. The zero-order valence-electron chi connectivity index (χ0n) is 10.6. The molecule has 0 saturated carbocycles. The molecular weight excluding hydrogens is 260 g/mol. The number of rotatable bonds is 4.